The molecule has 0 radical (unpaired) electrons. The van der Waals surface area contributed by atoms with Gasteiger partial charge in [0.15, 0.2) is 0 Å². The van der Waals surface area contributed by atoms with Crippen LogP contribution in [0.3, 0.4) is 0 Å². The molecule has 90 valence electrons. The SMILES string of the molecule is CN(C)c1n[nH]c(CCCc2ccccc2)n1. The van der Waals surface area contributed by atoms with Crippen LogP contribution in [0, 0.1) is 0 Å². The molecular weight excluding hydrogens is 212 g/mol. The zero-order chi connectivity index (χ0) is 12.1. The number of hydrogen-bond acceptors (Lipinski definition) is 3. The van der Waals surface area contributed by atoms with Crippen molar-refractivity contribution >= 4 is 5.95 Å². The molecule has 1 aromatic heterocycles. The van der Waals surface area contributed by atoms with Gasteiger partial charge in [-0.3, -0.25) is 5.10 Å². The number of aromatic nitrogens is 3. The molecule has 17 heavy (non-hydrogen) atoms. The molecule has 0 aliphatic rings. The number of hydrogen-bond donors (Lipinski definition) is 1. The molecule has 0 spiro atoms. The highest BCUT2D eigenvalue weighted by Gasteiger charge is 2.04. The average molecular weight is 230 g/mol. The van der Waals surface area contributed by atoms with Gasteiger partial charge in [0, 0.05) is 20.5 Å². The second-order valence-corrected chi connectivity index (χ2v) is 4.32. The van der Waals surface area contributed by atoms with Crippen molar-refractivity contribution in [2.45, 2.75) is 19.3 Å². The van der Waals surface area contributed by atoms with E-state index in [0.717, 1.165) is 31.0 Å². The van der Waals surface area contributed by atoms with E-state index in [4.69, 9.17) is 0 Å². The van der Waals surface area contributed by atoms with Crippen molar-refractivity contribution in [3.05, 3.63) is 41.7 Å². The monoisotopic (exact) mass is 230 g/mol. The minimum atomic E-state index is 0.750. The topological polar surface area (TPSA) is 44.8 Å². The Balaban J connectivity index is 1.82. The lowest BCUT2D eigenvalue weighted by Crippen LogP contribution is -2.10. The van der Waals surface area contributed by atoms with E-state index < -0.39 is 0 Å². The van der Waals surface area contributed by atoms with E-state index in [9.17, 15) is 0 Å². The maximum absolute atomic E-state index is 4.40. The van der Waals surface area contributed by atoms with Crippen LogP contribution >= 0.6 is 0 Å². The quantitative estimate of drug-likeness (QED) is 0.855. The molecule has 0 atom stereocenters. The highest BCUT2D eigenvalue weighted by molar-refractivity contribution is 5.24. The van der Waals surface area contributed by atoms with E-state index in [1.807, 2.05) is 25.1 Å². The Kier molecular flexibility index (Phi) is 3.75. The van der Waals surface area contributed by atoms with Crippen LogP contribution in [-0.2, 0) is 12.8 Å². The van der Waals surface area contributed by atoms with Crippen molar-refractivity contribution in [2.24, 2.45) is 0 Å². The van der Waals surface area contributed by atoms with Crippen molar-refractivity contribution in [3.8, 4) is 0 Å². The average Bonchev–Trinajstić information content (AvgIpc) is 2.79. The van der Waals surface area contributed by atoms with Gasteiger partial charge < -0.3 is 4.90 Å². The molecule has 0 saturated carbocycles. The third kappa shape index (κ3) is 3.31. The summed E-state index contributed by atoms with van der Waals surface area (Å²) in [6.07, 6.45) is 3.11. The summed E-state index contributed by atoms with van der Waals surface area (Å²) in [5, 5.41) is 7.10. The number of benzene rings is 1. The van der Waals surface area contributed by atoms with Crippen molar-refractivity contribution < 1.29 is 0 Å². The van der Waals surface area contributed by atoms with Gasteiger partial charge in [-0.15, -0.1) is 5.10 Å². The van der Waals surface area contributed by atoms with E-state index in [1.165, 1.54) is 5.56 Å². The summed E-state index contributed by atoms with van der Waals surface area (Å²) in [4.78, 5) is 6.30. The third-order valence-electron chi connectivity index (χ3n) is 2.64. The summed E-state index contributed by atoms with van der Waals surface area (Å²) in [5.41, 5.74) is 1.37. The van der Waals surface area contributed by atoms with Crippen LogP contribution in [-0.4, -0.2) is 29.3 Å². The Hall–Kier alpha value is -1.84. The fraction of sp³-hybridized carbons (Fsp3) is 0.385. The lowest BCUT2D eigenvalue weighted by molar-refractivity contribution is 0.775. The second-order valence-electron chi connectivity index (χ2n) is 4.32. The number of nitrogens with zero attached hydrogens (tertiary/aromatic N) is 3. The van der Waals surface area contributed by atoms with Gasteiger partial charge in [-0.25, -0.2) is 0 Å². The van der Waals surface area contributed by atoms with Gasteiger partial charge in [-0.1, -0.05) is 30.3 Å². The lowest BCUT2D eigenvalue weighted by Gasteiger charge is -2.03. The lowest BCUT2D eigenvalue weighted by atomic mass is 10.1. The molecule has 2 rings (SSSR count). The summed E-state index contributed by atoms with van der Waals surface area (Å²) < 4.78 is 0. The minimum absolute atomic E-state index is 0.750. The number of aryl methyl sites for hydroxylation is 2. The van der Waals surface area contributed by atoms with Crippen molar-refractivity contribution in [1.29, 1.82) is 0 Å². The highest BCUT2D eigenvalue weighted by atomic mass is 15.3. The first-order chi connectivity index (χ1) is 8.25. The number of nitrogens with one attached hydrogen (secondary N) is 1. The van der Waals surface area contributed by atoms with Gasteiger partial charge in [0.2, 0.25) is 5.95 Å². The van der Waals surface area contributed by atoms with Gasteiger partial charge in [-0.05, 0) is 18.4 Å². The fourth-order valence-electron chi connectivity index (χ4n) is 1.70. The number of aromatic amines is 1. The summed E-state index contributed by atoms with van der Waals surface area (Å²) >= 11 is 0. The van der Waals surface area contributed by atoms with Gasteiger partial charge >= 0.3 is 0 Å². The molecule has 0 fully saturated rings. The van der Waals surface area contributed by atoms with Crippen molar-refractivity contribution in [1.82, 2.24) is 15.2 Å². The normalized spacial score (nSPS) is 10.5. The van der Waals surface area contributed by atoms with E-state index in [2.05, 4.69) is 39.4 Å². The predicted octanol–water partition coefficient (Wildman–Crippen LogP) is 2.05. The highest BCUT2D eigenvalue weighted by Crippen LogP contribution is 2.07. The molecule has 1 aromatic carbocycles. The number of anilines is 1. The predicted molar refractivity (Wildman–Crippen MR) is 69.2 cm³/mol. The molecule has 0 aliphatic carbocycles. The van der Waals surface area contributed by atoms with Crippen LogP contribution in [0.2, 0.25) is 0 Å². The summed E-state index contributed by atoms with van der Waals surface area (Å²) in [5.74, 6) is 1.71. The first kappa shape index (κ1) is 11.6. The third-order valence-corrected chi connectivity index (χ3v) is 2.64. The van der Waals surface area contributed by atoms with Gasteiger partial charge in [0.25, 0.3) is 0 Å². The first-order valence-electron chi connectivity index (χ1n) is 5.88. The van der Waals surface area contributed by atoms with Crippen molar-refractivity contribution in [2.75, 3.05) is 19.0 Å². The zero-order valence-corrected chi connectivity index (χ0v) is 10.3. The van der Waals surface area contributed by atoms with Gasteiger partial charge in [0.05, 0.1) is 0 Å². The van der Waals surface area contributed by atoms with Crippen LogP contribution in [0.1, 0.15) is 17.8 Å². The van der Waals surface area contributed by atoms with Crippen molar-refractivity contribution in [3.63, 3.8) is 0 Å². The second kappa shape index (κ2) is 5.48. The molecule has 1 N–H and O–H groups in total. The maximum atomic E-state index is 4.40. The first-order valence-corrected chi connectivity index (χ1v) is 5.88. The molecule has 2 aromatic rings. The maximum Gasteiger partial charge on any atom is 0.244 e. The van der Waals surface area contributed by atoms with Crippen LogP contribution in [0.15, 0.2) is 30.3 Å². The smallest absolute Gasteiger partial charge is 0.244 e. The molecule has 4 nitrogen and oxygen atoms in total. The molecule has 0 saturated heterocycles. The molecule has 0 aliphatic heterocycles. The standard InChI is InChI=1S/C13H18N4/c1-17(2)13-14-12(15-16-13)10-6-9-11-7-4-3-5-8-11/h3-5,7-8H,6,9-10H2,1-2H3,(H,14,15,16). The molecule has 1 heterocycles. The fourth-order valence-corrected chi connectivity index (χ4v) is 1.70. The Morgan fingerprint density at radius 1 is 1.12 bits per heavy atom. The van der Waals surface area contributed by atoms with Crippen LogP contribution < -0.4 is 4.90 Å². The van der Waals surface area contributed by atoms with E-state index in [0.29, 0.717) is 0 Å². The summed E-state index contributed by atoms with van der Waals surface area (Å²) in [6.45, 7) is 0. The Bertz CT molecular complexity index is 447. The molecule has 4 heteroatoms. The molecule has 0 bridgehead atoms. The van der Waals surface area contributed by atoms with Crippen LogP contribution in [0.5, 0.6) is 0 Å². The molecule has 0 unspecified atom stereocenters. The number of rotatable bonds is 5. The Labute approximate surface area is 102 Å². The summed E-state index contributed by atoms with van der Waals surface area (Å²) in [6, 6.07) is 10.5. The molecule has 0 amide bonds. The van der Waals surface area contributed by atoms with Gasteiger partial charge in [-0.2, -0.15) is 4.98 Å². The summed E-state index contributed by atoms with van der Waals surface area (Å²) in [7, 11) is 3.88. The van der Waals surface area contributed by atoms with E-state index in [-0.39, 0.29) is 0 Å². The minimum Gasteiger partial charge on any atom is -0.346 e. The largest absolute Gasteiger partial charge is 0.346 e. The Morgan fingerprint density at radius 3 is 2.53 bits per heavy atom. The van der Waals surface area contributed by atoms with Crippen LogP contribution in [0.25, 0.3) is 0 Å². The van der Waals surface area contributed by atoms with E-state index >= 15 is 0 Å². The van der Waals surface area contributed by atoms with E-state index in [1.54, 1.807) is 0 Å². The zero-order valence-electron chi connectivity index (χ0n) is 10.3. The van der Waals surface area contributed by atoms with Crippen LogP contribution in [0.4, 0.5) is 5.95 Å². The van der Waals surface area contributed by atoms with Gasteiger partial charge in [0.1, 0.15) is 5.82 Å². The Morgan fingerprint density at radius 2 is 1.88 bits per heavy atom. The molecular formula is C13H18N4. The number of H-pyrrole nitrogens is 1.